The number of amides is 2. The fourth-order valence-electron chi connectivity index (χ4n) is 10.1. The van der Waals surface area contributed by atoms with Crippen LogP contribution in [0.1, 0.15) is 62.3 Å². The van der Waals surface area contributed by atoms with E-state index in [0.717, 1.165) is 54.2 Å². The second-order valence-electron chi connectivity index (χ2n) is 17.6. The first-order valence-electron chi connectivity index (χ1n) is 21.1. The molecule has 312 valence electrons. The number of nitro groups is 1. The highest BCUT2D eigenvalue weighted by Gasteiger charge is 2.58. The monoisotopic (exact) mass is 832 g/mol. The number of allylic oxidation sites excluding steroid dienone is 1. The number of hydrogen-bond donors (Lipinski definition) is 1. The van der Waals surface area contributed by atoms with E-state index in [2.05, 4.69) is 87.5 Å². The molecule has 0 saturated carbocycles. The summed E-state index contributed by atoms with van der Waals surface area (Å²) in [5.74, 6) is -2.11. The van der Waals surface area contributed by atoms with Crippen molar-refractivity contribution in [1.29, 1.82) is 0 Å². The average molecular weight is 833 g/mol. The summed E-state index contributed by atoms with van der Waals surface area (Å²) in [6, 6.07) is 40.9. The molecule has 2 aliphatic heterocycles. The summed E-state index contributed by atoms with van der Waals surface area (Å²) >= 11 is 0. The predicted molar refractivity (Wildman–Crippen MR) is 242 cm³/mol. The van der Waals surface area contributed by atoms with E-state index < -0.39 is 25.1 Å². The Morgan fingerprint density at radius 1 is 0.852 bits per heavy atom. The van der Waals surface area contributed by atoms with E-state index in [1.54, 1.807) is 6.07 Å². The molecule has 2 amide bonds. The Morgan fingerprint density at radius 2 is 1.46 bits per heavy atom. The molecule has 0 spiro atoms. The van der Waals surface area contributed by atoms with Gasteiger partial charge >= 0.3 is 0 Å². The van der Waals surface area contributed by atoms with E-state index in [0.29, 0.717) is 25.0 Å². The number of hydrogen-bond acceptors (Lipinski definition) is 7. The maximum absolute atomic E-state index is 14.5. The quantitative estimate of drug-likeness (QED) is 0.0333. The van der Waals surface area contributed by atoms with Crippen LogP contribution in [-0.2, 0) is 18.8 Å². The van der Waals surface area contributed by atoms with E-state index in [1.807, 2.05) is 56.3 Å². The lowest BCUT2D eigenvalue weighted by atomic mass is 9.69. The number of anilines is 1. The highest BCUT2D eigenvalue weighted by molar-refractivity contribution is 6.99. The lowest BCUT2D eigenvalue weighted by Crippen LogP contribution is -2.66. The lowest BCUT2D eigenvalue weighted by molar-refractivity contribution is -0.384. The molecule has 2 heterocycles. The molecule has 0 unspecified atom stereocenters. The van der Waals surface area contributed by atoms with Crippen molar-refractivity contribution in [3.63, 3.8) is 0 Å². The molecule has 0 aromatic heterocycles. The number of carbonyl (C=O) groups is 2. The summed E-state index contributed by atoms with van der Waals surface area (Å²) in [7, 11) is -3.01. The zero-order valence-corrected chi connectivity index (χ0v) is 36.3. The van der Waals surface area contributed by atoms with Gasteiger partial charge < -0.3 is 14.3 Å². The molecule has 2 fully saturated rings. The van der Waals surface area contributed by atoms with Crippen LogP contribution in [0.2, 0.25) is 5.04 Å². The zero-order chi connectivity index (χ0) is 43.1. The topological polar surface area (TPSA) is 119 Å². The van der Waals surface area contributed by atoms with Gasteiger partial charge in [-0.3, -0.25) is 19.7 Å². The van der Waals surface area contributed by atoms with Gasteiger partial charge in [-0.25, -0.2) is 4.90 Å². The van der Waals surface area contributed by atoms with Gasteiger partial charge in [-0.15, -0.1) is 0 Å². The van der Waals surface area contributed by atoms with Gasteiger partial charge in [0.25, 0.3) is 14.0 Å². The molecule has 10 heteroatoms. The summed E-state index contributed by atoms with van der Waals surface area (Å²) in [4.78, 5) is 41.4. The molecule has 9 nitrogen and oxygen atoms in total. The summed E-state index contributed by atoms with van der Waals surface area (Å²) in [5, 5.41) is 24.3. The van der Waals surface area contributed by atoms with Crippen molar-refractivity contribution >= 4 is 53.5 Å². The number of phenolic OH excluding ortho intramolecular Hbond substituents is 1. The van der Waals surface area contributed by atoms with Crippen molar-refractivity contribution in [3.8, 4) is 5.75 Å². The molecule has 5 aromatic rings. The van der Waals surface area contributed by atoms with Gasteiger partial charge in [0.1, 0.15) is 5.75 Å². The average Bonchev–Trinajstić information content (AvgIpc) is 3.79. The number of aryl methyl sites for hydroxylation is 2. The van der Waals surface area contributed by atoms with Gasteiger partial charge in [-0.1, -0.05) is 124 Å². The number of fused-ring (bicyclic) bond motifs is 3. The van der Waals surface area contributed by atoms with Crippen LogP contribution in [-0.4, -0.2) is 49.5 Å². The van der Waals surface area contributed by atoms with Gasteiger partial charge in [0.15, 0.2) is 0 Å². The van der Waals surface area contributed by atoms with Crippen molar-refractivity contribution in [1.82, 2.24) is 0 Å². The SMILES string of the molecule is Cc1cc(/C=C(/CC[C@H]2OC[C@H]3C2=C(CO[Si](c2ccccc2)(c2ccccc2)C(C)(C)C)C[C@H]2C(=O)N(c4cccc([N+](=O)[O-])c4)C(=O)[C@H]23)c2ccccc2)cc(C)c1O. The molecule has 2 saturated heterocycles. The third-order valence-electron chi connectivity index (χ3n) is 12.9. The first kappa shape index (κ1) is 41.8. The second kappa shape index (κ2) is 16.8. The standard InChI is InChI=1S/C51H52N2O7Si/c1-33-26-35(27-34(2)48(33)54)28-37(36-16-9-6-10-17-36)24-25-45-46-38(31-60-61(51(3,4)5,41-20-11-7-12-21-41)42-22-13-8-14-23-42)29-43-47(44(46)32-59-45)50(56)52(49(43)55)39-18-15-19-40(30-39)53(57)58/h6-23,26-28,30,43-45,47,54H,24-25,29,31-32H2,1-5H3/b37-28-/t43-,44+,45-,47-/m1/s1. The van der Waals surface area contributed by atoms with Gasteiger partial charge in [0, 0.05) is 18.1 Å². The van der Waals surface area contributed by atoms with Crippen LogP contribution in [0.15, 0.2) is 139 Å². The number of non-ortho nitro benzene ring substituents is 1. The fourth-order valence-corrected chi connectivity index (χ4v) is 14.6. The molecule has 3 aliphatic rings. The van der Waals surface area contributed by atoms with E-state index in [1.165, 1.54) is 18.2 Å². The number of aromatic hydroxyl groups is 1. The summed E-state index contributed by atoms with van der Waals surface area (Å²) in [6.45, 7) is 11.1. The molecule has 0 bridgehead atoms. The second-order valence-corrected chi connectivity index (χ2v) is 21.9. The van der Waals surface area contributed by atoms with Crippen molar-refractivity contribution in [3.05, 3.63) is 171 Å². The molecule has 4 atom stereocenters. The van der Waals surface area contributed by atoms with Crippen LogP contribution in [0.5, 0.6) is 5.75 Å². The smallest absolute Gasteiger partial charge is 0.271 e. The minimum absolute atomic E-state index is 0.185. The highest BCUT2D eigenvalue weighted by atomic mass is 28.4. The van der Waals surface area contributed by atoms with Crippen LogP contribution in [0, 0.1) is 41.7 Å². The number of benzene rings is 5. The normalized spacial score (nSPS) is 20.5. The summed E-state index contributed by atoms with van der Waals surface area (Å²) in [6.07, 6.45) is 3.44. The van der Waals surface area contributed by atoms with Crippen molar-refractivity contribution in [2.45, 2.75) is 65.0 Å². The van der Waals surface area contributed by atoms with Crippen LogP contribution in [0.4, 0.5) is 11.4 Å². The number of carbonyl (C=O) groups excluding carboxylic acids is 2. The van der Waals surface area contributed by atoms with Crippen molar-refractivity contribution < 1.29 is 28.8 Å². The molecule has 1 N–H and O–H groups in total. The molecule has 8 rings (SSSR count). The van der Waals surface area contributed by atoms with Crippen LogP contribution in [0.3, 0.4) is 0 Å². The zero-order valence-electron chi connectivity index (χ0n) is 35.3. The van der Waals surface area contributed by atoms with Gasteiger partial charge in [0.05, 0.1) is 41.8 Å². The number of ether oxygens (including phenoxy) is 1. The first-order chi connectivity index (χ1) is 29.3. The number of imide groups is 1. The van der Waals surface area contributed by atoms with Crippen LogP contribution in [0.25, 0.3) is 11.6 Å². The fraction of sp³-hybridized carbons (Fsp3) is 0.294. The number of phenols is 1. The maximum Gasteiger partial charge on any atom is 0.271 e. The highest BCUT2D eigenvalue weighted by Crippen LogP contribution is 2.51. The van der Waals surface area contributed by atoms with E-state index in [-0.39, 0.29) is 53.5 Å². The lowest BCUT2D eigenvalue weighted by Gasteiger charge is -2.44. The van der Waals surface area contributed by atoms with Gasteiger partial charge in [-0.05, 0) is 106 Å². The maximum atomic E-state index is 14.5. The van der Waals surface area contributed by atoms with Crippen LogP contribution >= 0.6 is 0 Å². The Hall–Kier alpha value is -5.94. The number of nitrogens with zero attached hydrogens (tertiary/aromatic N) is 2. The van der Waals surface area contributed by atoms with E-state index >= 15 is 0 Å². The predicted octanol–water partition coefficient (Wildman–Crippen LogP) is 9.34. The molecule has 1 aliphatic carbocycles. The number of rotatable bonds is 12. The minimum atomic E-state index is -3.01. The molecule has 0 radical (unpaired) electrons. The van der Waals surface area contributed by atoms with Crippen molar-refractivity contribution in [2.75, 3.05) is 18.1 Å². The Morgan fingerprint density at radius 3 is 2.05 bits per heavy atom. The van der Waals surface area contributed by atoms with Gasteiger partial charge in [0.2, 0.25) is 11.8 Å². The van der Waals surface area contributed by atoms with Crippen LogP contribution < -0.4 is 15.3 Å². The van der Waals surface area contributed by atoms with Gasteiger partial charge in [-0.2, -0.15) is 0 Å². The Labute approximate surface area is 358 Å². The van der Waals surface area contributed by atoms with E-state index in [9.17, 15) is 24.8 Å². The largest absolute Gasteiger partial charge is 0.507 e. The van der Waals surface area contributed by atoms with Crippen molar-refractivity contribution in [2.24, 2.45) is 17.8 Å². The molecular weight excluding hydrogens is 781 g/mol. The Kier molecular flexibility index (Phi) is 11.5. The Bertz CT molecular complexity index is 2470. The minimum Gasteiger partial charge on any atom is -0.507 e. The molecular formula is C51H52N2O7Si. The first-order valence-corrected chi connectivity index (χ1v) is 23.0. The third-order valence-corrected chi connectivity index (χ3v) is 17.8. The number of nitro benzene ring substituents is 1. The summed E-state index contributed by atoms with van der Waals surface area (Å²) in [5.41, 5.74) is 6.84. The molecule has 61 heavy (non-hydrogen) atoms. The van der Waals surface area contributed by atoms with E-state index in [4.69, 9.17) is 9.16 Å². The molecule has 5 aromatic carbocycles. The summed E-state index contributed by atoms with van der Waals surface area (Å²) < 4.78 is 14.3. The third kappa shape index (κ3) is 7.80. The Balaban J connectivity index is 1.20.